The molecule has 0 fully saturated rings. The maximum absolute atomic E-state index is 5.43. The minimum absolute atomic E-state index is 0.829. The molecule has 0 aliphatic rings. The molecule has 0 aliphatic heterocycles. The number of hydrogen-bond donors (Lipinski definition) is 0. The van der Waals surface area contributed by atoms with Gasteiger partial charge in [0.25, 0.3) is 0 Å². The van der Waals surface area contributed by atoms with E-state index in [1.54, 1.807) is 0 Å². The zero-order chi connectivity index (χ0) is 42.8. The molecule has 0 spiro atoms. The van der Waals surface area contributed by atoms with E-state index in [-0.39, 0.29) is 0 Å². The molecule has 4 aromatic heterocycles. The highest BCUT2D eigenvalue weighted by Crippen LogP contribution is 2.45. The summed E-state index contributed by atoms with van der Waals surface area (Å²) in [7, 11) is 0. The van der Waals surface area contributed by atoms with Crippen LogP contribution < -0.4 is 0 Å². The first-order valence-corrected chi connectivity index (χ1v) is 22.1. The van der Waals surface area contributed by atoms with E-state index in [0.717, 1.165) is 77.8 Å². The standard InChI is InChI=1S/C61H38N4/c1-3-13-43-33-46(25-24-39(43)11-1)60-49-15-5-7-17-51(49)61(52-18-8-6-16-50(52)60)57-37-47(36-56(64-57)55-19-9-10-31-63-55)42-22-20-41(21-23-42)45-27-29-58-53(35-45)54-38-62-32-30-59(54)65(58)48-28-26-40-12-2-4-14-44(40)34-48/h1-38H. The number of rotatable bonds is 6. The Balaban J connectivity index is 0.946. The van der Waals surface area contributed by atoms with Crippen molar-refractivity contribution in [1.29, 1.82) is 0 Å². The van der Waals surface area contributed by atoms with Crippen LogP contribution >= 0.6 is 0 Å². The molecule has 0 radical (unpaired) electrons. The summed E-state index contributed by atoms with van der Waals surface area (Å²) in [4.78, 5) is 14.8. The second-order valence-corrected chi connectivity index (χ2v) is 16.8. The van der Waals surface area contributed by atoms with Crippen LogP contribution in [-0.2, 0) is 0 Å². The van der Waals surface area contributed by atoms with Crippen LogP contribution in [0.1, 0.15) is 0 Å². The molecule has 9 aromatic carbocycles. The predicted molar refractivity (Wildman–Crippen MR) is 271 cm³/mol. The molecule has 0 saturated carbocycles. The topological polar surface area (TPSA) is 43.6 Å². The van der Waals surface area contributed by atoms with Crippen molar-refractivity contribution in [1.82, 2.24) is 19.5 Å². The van der Waals surface area contributed by atoms with Gasteiger partial charge in [-0.3, -0.25) is 9.97 Å². The van der Waals surface area contributed by atoms with E-state index in [2.05, 4.69) is 204 Å². The normalized spacial score (nSPS) is 11.7. The van der Waals surface area contributed by atoms with E-state index in [4.69, 9.17) is 9.97 Å². The molecule has 0 unspecified atom stereocenters. The van der Waals surface area contributed by atoms with Gasteiger partial charge in [0.05, 0.1) is 28.1 Å². The zero-order valence-electron chi connectivity index (χ0n) is 35.2. The summed E-state index contributed by atoms with van der Waals surface area (Å²) >= 11 is 0. The van der Waals surface area contributed by atoms with E-state index >= 15 is 0 Å². The van der Waals surface area contributed by atoms with Crippen molar-refractivity contribution >= 4 is 64.9 Å². The molecule has 0 aliphatic carbocycles. The molecule has 0 bridgehead atoms. The van der Waals surface area contributed by atoms with Gasteiger partial charge in [-0.05, 0) is 137 Å². The second-order valence-electron chi connectivity index (χ2n) is 16.8. The summed E-state index contributed by atoms with van der Waals surface area (Å²) in [5.74, 6) is 0. The molecule has 13 rings (SSSR count). The number of benzene rings is 9. The summed E-state index contributed by atoms with van der Waals surface area (Å²) < 4.78 is 2.36. The summed E-state index contributed by atoms with van der Waals surface area (Å²) in [6.45, 7) is 0. The summed E-state index contributed by atoms with van der Waals surface area (Å²) in [6, 6.07) is 76.5. The third-order valence-electron chi connectivity index (χ3n) is 13.1. The maximum Gasteiger partial charge on any atom is 0.0899 e. The van der Waals surface area contributed by atoms with Crippen LogP contribution in [0.2, 0.25) is 0 Å². The highest BCUT2D eigenvalue weighted by Gasteiger charge is 2.20. The monoisotopic (exact) mass is 826 g/mol. The Labute approximate surface area is 375 Å². The molecule has 302 valence electrons. The lowest BCUT2D eigenvalue weighted by Crippen LogP contribution is -1.96. The largest absolute Gasteiger partial charge is 0.309 e. The fourth-order valence-electron chi connectivity index (χ4n) is 10.0. The van der Waals surface area contributed by atoms with Crippen LogP contribution in [0.3, 0.4) is 0 Å². The molecule has 0 atom stereocenters. The third kappa shape index (κ3) is 6.18. The lowest BCUT2D eigenvalue weighted by atomic mass is 9.86. The Kier molecular flexibility index (Phi) is 8.50. The van der Waals surface area contributed by atoms with Crippen molar-refractivity contribution in [3.8, 4) is 61.7 Å². The van der Waals surface area contributed by atoms with Gasteiger partial charge in [-0.15, -0.1) is 0 Å². The Morgan fingerprint density at radius 2 is 0.877 bits per heavy atom. The summed E-state index contributed by atoms with van der Waals surface area (Å²) in [5.41, 5.74) is 14.0. The summed E-state index contributed by atoms with van der Waals surface area (Å²) in [6.07, 6.45) is 5.72. The first-order chi connectivity index (χ1) is 32.2. The van der Waals surface area contributed by atoms with E-state index in [1.165, 1.54) is 48.8 Å². The van der Waals surface area contributed by atoms with Crippen molar-refractivity contribution in [3.05, 3.63) is 231 Å². The molecule has 4 heteroatoms. The van der Waals surface area contributed by atoms with Crippen LogP contribution in [0.25, 0.3) is 127 Å². The van der Waals surface area contributed by atoms with Gasteiger partial charge in [-0.2, -0.15) is 0 Å². The van der Waals surface area contributed by atoms with Gasteiger partial charge in [-0.1, -0.05) is 152 Å². The van der Waals surface area contributed by atoms with Crippen LogP contribution in [0, 0.1) is 0 Å². The lowest BCUT2D eigenvalue weighted by molar-refractivity contribution is 1.18. The first-order valence-electron chi connectivity index (χ1n) is 22.1. The van der Waals surface area contributed by atoms with Crippen LogP contribution in [0.5, 0.6) is 0 Å². The van der Waals surface area contributed by atoms with Gasteiger partial charge in [0, 0.05) is 40.6 Å². The number of fused-ring (bicyclic) bond motifs is 7. The molecule has 0 amide bonds. The molecule has 4 heterocycles. The fourth-order valence-corrected chi connectivity index (χ4v) is 10.0. The van der Waals surface area contributed by atoms with Gasteiger partial charge in [0.1, 0.15) is 0 Å². The molecule has 13 aromatic rings. The van der Waals surface area contributed by atoms with Crippen LogP contribution in [0.4, 0.5) is 0 Å². The Hall–Kier alpha value is -8.73. The maximum atomic E-state index is 5.43. The summed E-state index contributed by atoms with van der Waals surface area (Å²) in [5, 5.41) is 11.9. The number of nitrogens with zero attached hydrogens (tertiary/aromatic N) is 4. The smallest absolute Gasteiger partial charge is 0.0899 e. The number of hydrogen-bond acceptors (Lipinski definition) is 3. The highest BCUT2D eigenvalue weighted by atomic mass is 15.0. The average Bonchev–Trinajstić information content (AvgIpc) is 3.71. The van der Waals surface area contributed by atoms with E-state index < -0.39 is 0 Å². The number of pyridine rings is 3. The van der Waals surface area contributed by atoms with Crippen molar-refractivity contribution in [2.45, 2.75) is 0 Å². The molecule has 4 nitrogen and oxygen atoms in total. The van der Waals surface area contributed by atoms with Crippen molar-refractivity contribution in [3.63, 3.8) is 0 Å². The van der Waals surface area contributed by atoms with Gasteiger partial charge in [0.2, 0.25) is 0 Å². The highest BCUT2D eigenvalue weighted by molar-refractivity contribution is 6.21. The molecule has 0 N–H and O–H groups in total. The minimum Gasteiger partial charge on any atom is -0.309 e. The van der Waals surface area contributed by atoms with E-state index in [9.17, 15) is 0 Å². The Morgan fingerprint density at radius 3 is 1.58 bits per heavy atom. The quantitative estimate of drug-likeness (QED) is 0.157. The minimum atomic E-state index is 0.829. The van der Waals surface area contributed by atoms with Gasteiger partial charge < -0.3 is 4.57 Å². The average molecular weight is 827 g/mol. The molecule has 65 heavy (non-hydrogen) atoms. The van der Waals surface area contributed by atoms with Crippen molar-refractivity contribution in [2.75, 3.05) is 0 Å². The first kappa shape index (κ1) is 36.9. The van der Waals surface area contributed by atoms with Gasteiger partial charge >= 0.3 is 0 Å². The van der Waals surface area contributed by atoms with E-state index in [1.807, 2.05) is 36.8 Å². The fraction of sp³-hybridized carbons (Fsp3) is 0. The predicted octanol–water partition coefficient (Wildman–Crippen LogP) is 15.9. The lowest BCUT2D eigenvalue weighted by Gasteiger charge is -2.18. The third-order valence-corrected chi connectivity index (χ3v) is 13.1. The van der Waals surface area contributed by atoms with Crippen molar-refractivity contribution in [2.24, 2.45) is 0 Å². The molecular formula is C61H38N4. The molecule has 0 saturated heterocycles. The molecular weight excluding hydrogens is 789 g/mol. The van der Waals surface area contributed by atoms with Crippen molar-refractivity contribution < 1.29 is 0 Å². The second kappa shape index (κ2) is 15.0. The Morgan fingerprint density at radius 1 is 0.308 bits per heavy atom. The SMILES string of the molecule is c1ccc(-c2cc(-c3ccc(-c4ccc5c(c4)c4cnccc4n5-c4ccc5ccccc5c4)cc3)cc(-c3c4ccccc4c(-c4ccc5ccccc5c4)c4ccccc34)n2)nc1. The van der Waals surface area contributed by atoms with Crippen LogP contribution in [-0.4, -0.2) is 19.5 Å². The van der Waals surface area contributed by atoms with E-state index in [0.29, 0.717) is 0 Å². The van der Waals surface area contributed by atoms with Gasteiger partial charge in [-0.25, -0.2) is 4.98 Å². The number of aromatic nitrogens is 4. The zero-order valence-corrected chi connectivity index (χ0v) is 35.2. The van der Waals surface area contributed by atoms with Crippen LogP contribution in [0.15, 0.2) is 231 Å². The van der Waals surface area contributed by atoms with Gasteiger partial charge in [0.15, 0.2) is 0 Å². The Bertz CT molecular complexity index is 3940.